The van der Waals surface area contributed by atoms with E-state index >= 15 is 0 Å². The molecule has 1 N–H and O–H groups in total. The molecule has 1 rings (SSSR count). The fraction of sp³-hybridized carbons (Fsp3) is 0.417. The third kappa shape index (κ3) is 4.54. The molecule has 0 heterocycles. The normalized spacial score (nSPS) is 12.2. The first-order chi connectivity index (χ1) is 8.54. The first-order valence-corrected chi connectivity index (χ1v) is 7.14. The Labute approximate surface area is 108 Å². The number of esters is 1. The largest absolute Gasteiger partial charge is 0.465 e. The van der Waals surface area contributed by atoms with Gasteiger partial charge in [-0.05, 0) is 17.7 Å². The fourth-order valence-corrected chi connectivity index (χ4v) is 1.82. The minimum Gasteiger partial charge on any atom is -0.465 e. The molecule has 0 amide bonds. The van der Waals surface area contributed by atoms with E-state index in [0.717, 1.165) is 5.56 Å². The summed E-state index contributed by atoms with van der Waals surface area (Å²) < 4.78 is 28.8. The van der Waals surface area contributed by atoms with Crippen LogP contribution in [0.5, 0.6) is 0 Å². The van der Waals surface area contributed by atoms with Crippen LogP contribution in [0.3, 0.4) is 0 Å². The second-order valence-electron chi connectivity index (χ2n) is 3.76. The highest BCUT2D eigenvalue weighted by Crippen LogP contribution is 2.11. The molecule has 0 aliphatic heterocycles. The molecule has 100 valence electrons. The molecular formula is C12H16FNO3S. The van der Waals surface area contributed by atoms with Crippen LogP contribution >= 0.6 is 0 Å². The van der Waals surface area contributed by atoms with E-state index in [1.807, 2.05) is 0 Å². The van der Waals surface area contributed by atoms with Crippen molar-refractivity contribution >= 4 is 16.8 Å². The van der Waals surface area contributed by atoms with E-state index in [2.05, 4.69) is 10.1 Å². The molecule has 4 nitrogen and oxygen atoms in total. The number of rotatable bonds is 6. The molecule has 0 saturated heterocycles. The zero-order valence-corrected chi connectivity index (χ0v) is 11.2. The number of nitrogens with one attached hydrogen (secondary N) is 1. The molecule has 1 aromatic carbocycles. The van der Waals surface area contributed by atoms with Crippen LogP contribution in [0.25, 0.3) is 0 Å². The van der Waals surface area contributed by atoms with Crippen molar-refractivity contribution < 1.29 is 18.1 Å². The van der Waals surface area contributed by atoms with Gasteiger partial charge in [0.1, 0.15) is 5.82 Å². The summed E-state index contributed by atoms with van der Waals surface area (Å²) in [6.45, 7) is 1.07. The Kier molecular flexibility index (Phi) is 5.94. The van der Waals surface area contributed by atoms with Crippen molar-refractivity contribution in [1.29, 1.82) is 0 Å². The van der Waals surface area contributed by atoms with Crippen LogP contribution in [-0.4, -0.2) is 35.8 Å². The van der Waals surface area contributed by atoms with Gasteiger partial charge in [0, 0.05) is 35.9 Å². The maximum atomic E-state index is 13.5. The van der Waals surface area contributed by atoms with Gasteiger partial charge in [0.05, 0.1) is 12.7 Å². The lowest BCUT2D eigenvalue weighted by Crippen LogP contribution is -2.19. The van der Waals surface area contributed by atoms with Crippen molar-refractivity contribution in [3.63, 3.8) is 0 Å². The molecule has 0 aliphatic carbocycles. The van der Waals surface area contributed by atoms with Gasteiger partial charge in [-0.25, -0.2) is 9.18 Å². The van der Waals surface area contributed by atoms with E-state index in [-0.39, 0.29) is 5.56 Å². The quantitative estimate of drug-likeness (QED) is 0.622. The summed E-state index contributed by atoms with van der Waals surface area (Å²) in [5.74, 6) is -0.725. The van der Waals surface area contributed by atoms with Gasteiger partial charge < -0.3 is 10.1 Å². The predicted octanol–water partition coefficient (Wildman–Crippen LogP) is 1.08. The van der Waals surface area contributed by atoms with Gasteiger partial charge in [0.2, 0.25) is 0 Å². The minimum absolute atomic E-state index is 0.0732. The van der Waals surface area contributed by atoms with E-state index in [1.54, 1.807) is 12.3 Å². The van der Waals surface area contributed by atoms with Gasteiger partial charge >= 0.3 is 5.97 Å². The number of hydrogen-bond donors (Lipinski definition) is 1. The Bertz CT molecular complexity index is 451. The van der Waals surface area contributed by atoms with E-state index in [1.165, 1.54) is 19.2 Å². The van der Waals surface area contributed by atoms with E-state index in [0.29, 0.717) is 18.8 Å². The average molecular weight is 273 g/mol. The Morgan fingerprint density at radius 1 is 1.50 bits per heavy atom. The molecule has 0 aromatic heterocycles. The van der Waals surface area contributed by atoms with Crippen LogP contribution in [-0.2, 0) is 22.1 Å². The number of hydrogen-bond acceptors (Lipinski definition) is 4. The topological polar surface area (TPSA) is 55.4 Å². The molecule has 0 fully saturated rings. The van der Waals surface area contributed by atoms with Crippen LogP contribution in [0.2, 0.25) is 0 Å². The summed E-state index contributed by atoms with van der Waals surface area (Å²) in [6, 6.07) is 4.35. The molecule has 0 bridgehead atoms. The summed E-state index contributed by atoms with van der Waals surface area (Å²) in [7, 11) is 0.374. The number of methoxy groups -OCH3 is 1. The SMILES string of the molecule is COC(=O)c1ccc(CNCCS(C)=O)cc1F. The Balaban J connectivity index is 2.56. The molecule has 1 aromatic rings. The van der Waals surface area contributed by atoms with Crippen molar-refractivity contribution in [2.24, 2.45) is 0 Å². The van der Waals surface area contributed by atoms with Crippen molar-refractivity contribution in [1.82, 2.24) is 5.32 Å². The molecule has 1 unspecified atom stereocenters. The molecule has 18 heavy (non-hydrogen) atoms. The average Bonchev–Trinajstić information content (AvgIpc) is 2.33. The lowest BCUT2D eigenvalue weighted by atomic mass is 10.1. The monoisotopic (exact) mass is 273 g/mol. The van der Waals surface area contributed by atoms with Gasteiger partial charge in [-0.1, -0.05) is 6.07 Å². The highest BCUT2D eigenvalue weighted by molar-refractivity contribution is 7.84. The molecule has 0 radical (unpaired) electrons. The molecule has 6 heteroatoms. The number of carbonyl (C=O) groups is 1. The maximum Gasteiger partial charge on any atom is 0.340 e. The number of benzene rings is 1. The van der Waals surface area contributed by atoms with Crippen molar-refractivity contribution in [2.75, 3.05) is 25.7 Å². The second-order valence-corrected chi connectivity index (χ2v) is 5.31. The molecule has 1 atom stereocenters. The zero-order valence-electron chi connectivity index (χ0n) is 10.4. The van der Waals surface area contributed by atoms with Crippen LogP contribution in [0, 0.1) is 5.82 Å². The third-order valence-electron chi connectivity index (χ3n) is 2.33. The molecule has 0 aliphatic rings. The number of ether oxygens (including phenoxy) is 1. The fourth-order valence-electron chi connectivity index (χ4n) is 1.39. The van der Waals surface area contributed by atoms with Crippen LogP contribution in [0.15, 0.2) is 18.2 Å². The van der Waals surface area contributed by atoms with E-state index < -0.39 is 22.6 Å². The number of carbonyl (C=O) groups excluding carboxylic acids is 1. The summed E-state index contributed by atoms with van der Waals surface area (Å²) in [5.41, 5.74) is 0.651. The first-order valence-electron chi connectivity index (χ1n) is 5.42. The molecular weight excluding hydrogens is 257 g/mol. The maximum absolute atomic E-state index is 13.5. The van der Waals surface area contributed by atoms with Gasteiger partial charge in [0.15, 0.2) is 0 Å². The summed E-state index contributed by atoms with van der Waals surface area (Å²) in [4.78, 5) is 11.2. The van der Waals surface area contributed by atoms with Gasteiger partial charge in [-0.2, -0.15) is 0 Å². The highest BCUT2D eigenvalue weighted by atomic mass is 32.2. The minimum atomic E-state index is -0.837. The molecule has 0 saturated carbocycles. The Morgan fingerprint density at radius 3 is 2.78 bits per heavy atom. The van der Waals surface area contributed by atoms with E-state index in [9.17, 15) is 13.4 Å². The summed E-state index contributed by atoms with van der Waals surface area (Å²) in [5, 5.41) is 3.05. The zero-order chi connectivity index (χ0) is 13.5. The van der Waals surface area contributed by atoms with Gasteiger partial charge in [-0.3, -0.25) is 4.21 Å². The lowest BCUT2D eigenvalue weighted by molar-refractivity contribution is 0.0595. The van der Waals surface area contributed by atoms with Crippen LogP contribution in [0.1, 0.15) is 15.9 Å². The second kappa shape index (κ2) is 7.23. The lowest BCUT2D eigenvalue weighted by Gasteiger charge is -2.06. The summed E-state index contributed by atoms with van der Waals surface area (Å²) >= 11 is 0. The standard InChI is InChI=1S/C12H16FNO3S/c1-17-12(15)10-4-3-9(7-11(10)13)8-14-5-6-18(2)16/h3-4,7,14H,5-6,8H2,1-2H3. The third-order valence-corrected chi connectivity index (χ3v) is 3.11. The van der Waals surface area contributed by atoms with Crippen molar-refractivity contribution in [3.8, 4) is 0 Å². The predicted molar refractivity (Wildman–Crippen MR) is 68.4 cm³/mol. The summed E-state index contributed by atoms with van der Waals surface area (Å²) in [6.07, 6.45) is 1.63. The van der Waals surface area contributed by atoms with Crippen molar-refractivity contribution in [3.05, 3.63) is 35.1 Å². The van der Waals surface area contributed by atoms with Crippen LogP contribution < -0.4 is 5.32 Å². The highest BCUT2D eigenvalue weighted by Gasteiger charge is 2.11. The van der Waals surface area contributed by atoms with E-state index in [4.69, 9.17) is 0 Å². The van der Waals surface area contributed by atoms with Gasteiger partial charge in [0.25, 0.3) is 0 Å². The van der Waals surface area contributed by atoms with Gasteiger partial charge in [-0.15, -0.1) is 0 Å². The smallest absolute Gasteiger partial charge is 0.340 e. The van der Waals surface area contributed by atoms with Crippen LogP contribution in [0.4, 0.5) is 4.39 Å². The molecule has 0 spiro atoms. The van der Waals surface area contributed by atoms with Crippen molar-refractivity contribution in [2.45, 2.75) is 6.54 Å². The number of halogens is 1. The Morgan fingerprint density at radius 2 is 2.22 bits per heavy atom. The first kappa shape index (κ1) is 14.8. The Hall–Kier alpha value is -1.27.